The van der Waals surface area contributed by atoms with Gasteiger partial charge >= 0.3 is 0 Å². The van der Waals surface area contributed by atoms with Gasteiger partial charge in [0.25, 0.3) is 5.91 Å². The predicted octanol–water partition coefficient (Wildman–Crippen LogP) is 0.840. The first-order valence-electron chi connectivity index (χ1n) is 6.09. The molecule has 0 aliphatic carbocycles. The van der Waals surface area contributed by atoms with Crippen molar-refractivity contribution < 1.29 is 19.4 Å². The number of carbonyl (C=O) groups excluding carboxylic acids is 1. The number of likely N-dealkylation sites (N-methyl/N-ethyl adjacent to an activating group) is 1. The van der Waals surface area contributed by atoms with Crippen LogP contribution < -0.4 is 0 Å². The van der Waals surface area contributed by atoms with E-state index < -0.39 is 12.2 Å². The zero-order valence-electron chi connectivity index (χ0n) is 11.6. The van der Waals surface area contributed by atoms with Gasteiger partial charge in [-0.15, -0.1) is 0 Å². The number of nitrogens with zero attached hydrogens (tertiary/aromatic N) is 1. The van der Waals surface area contributed by atoms with Gasteiger partial charge in [0.15, 0.2) is 6.10 Å². The van der Waals surface area contributed by atoms with Crippen LogP contribution in [-0.4, -0.2) is 56.4 Å². The molecule has 106 valence electrons. The van der Waals surface area contributed by atoms with Gasteiger partial charge in [-0.1, -0.05) is 30.3 Å². The Morgan fingerprint density at radius 3 is 2.47 bits per heavy atom. The Labute approximate surface area is 113 Å². The first kappa shape index (κ1) is 15.6. The van der Waals surface area contributed by atoms with Crippen LogP contribution in [-0.2, 0) is 14.3 Å². The summed E-state index contributed by atoms with van der Waals surface area (Å²) in [7, 11) is 4.64. The second-order valence-electron chi connectivity index (χ2n) is 4.35. The number of ether oxygens (including phenoxy) is 2. The number of carbonyl (C=O) groups is 1. The Balaban J connectivity index is 2.68. The molecule has 2 atom stereocenters. The van der Waals surface area contributed by atoms with E-state index in [1.165, 1.54) is 19.1 Å². The lowest BCUT2D eigenvalue weighted by Crippen LogP contribution is -2.39. The van der Waals surface area contributed by atoms with E-state index in [-0.39, 0.29) is 19.1 Å². The van der Waals surface area contributed by atoms with E-state index in [2.05, 4.69) is 0 Å². The van der Waals surface area contributed by atoms with Crippen LogP contribution in [0.2, 0.25) is 0 Å². The van der Waals surface area contributed by atoms with E-state index in [0.29, 0.717) is 0 Å². The summed E-state index contributed by atoms with van der Waals surface area (Å²) in [6.45, 7) is 0.403. The summed E-state index contributed by atoms with van der Waals surface area (Å²) in [5, 5.41) is 9.63. The highest BCUT2D eigenvalue weighted by molar-refractivity contribution is 5.82. The molecule has 0 heterocycles. The molecule has 0 fully saturated rings. The molecule has 5 nitrogen and oxygen atoms in total. The molecule has 0 aromatic heterocycles. The van der Waals surface area contributed by atoms with Gasteiger partial charge in [0.05, 0.1) is 12.7 Å². The van der Waals surface area contributed by atoms with Gasteiger partial charge in [0.1, 0.15) is 0 Å². The number of hydrogen-bond acceptors (Lipinski definition) is 4. The Morgan fingerprint density at radius 2 is 1.95 bits per heavy atom. The van der Waals surface area contributed by atoms with Crippen molar-refractivity contribution in [2.45, 2.75) is 12.2 Å². The monoisotopic (exact) mass is 267 g/mol. The molecule has 1 N–H and O–H groups in total. The van der Waals surface area contributed by atoms with Crippen molar-refractivity contribution in [2.24, 2.45) is 0 Å². The summed E-state index contributed by atoms with van der Waals surface area (Å²) in [5.41, 5.74) is 0.795. The van der Waals surface area contributed by atoms with Crippen molar-refractivity contribution in [3.8, 4) is 0 Å². The molecule has 19 heavy (non-hydrogen) atoms. The maximum Gasteiger partial charge on any atom is 0.256 e. The lowest BCUT2D eigenvalue weighted by atomic mass is 10.1. The van der Waals surface area contributed by atoms with Crippen molar-refractivity contribution in [3.63, 3.8) is 0 Å². The Kier molecular flexibility index (Phi) is 6.49. The molecular weight excluding hydrogens is 246 g/mol. The van der Waals surface area contributed by atoms with Crippen molar-refractivity contribution in [2.75, 3.05) is 34.4 Å². The maximum absolute atomic E-state index is 12.3. The molecule has 0 saturated heterocycles. The Hall–Kier alpha value is -1.43. The van der Waals surface area contributed by atoms with Crippen LogP contribution in [0.15, 0.2) is 30.3 Å². The molecule has 0 aliphatic rings. The van der Waals surface area contributed by atoms with Gasteiger partial charge in [-0.25, -0.2) is 0 Å². The standard InChI is InChI=1S/C14H21NO4/c1-15(9-12(16)10-18-2)14(17)13(19-3)11-7-5-4-6-8-11/h4-8,12-13,16H,9-10H2,1-3H3. The van der Waals surface area contributed by atoms with Gasteiger partial charge < -0.3 is 19.5 Å². The van der Waals surface area contributed by atoms with Gasteiger partial charge in [0.2, 0.25) is 0 Å². The minimum Gasteiger partial charge on any atom is -0.389 e. The number of amides is 1. The Morgan fingerprint density at radius 1 is 1.32 bits per heavy atom. The third-order valence-electron chi connectivity index (χ3n) is 2.78. The fourth-order valence-corrected chi connectivity index (χ4v) is 1.86. The van der Waals surface area contributed by atoms with Crippen molar-refractivity contribution in [1.29, 1.82) is 0 Å². The molecule has 5 heteroatoms. The molecule has 2 unspecified atom stereocenters. The van der Waals surface area contributed by atoms with E-state index in [9.17, 15) is 9.90 Å². The van der Waals surface area contributed by atoms with E-state index in [0.717, 1.165) is 5.56 Å². The highest BCUT2D eigenvalue weighted by Gasteiger charge is 2.24. The van der Waals surface area contributed by atoms with Crippen LogP contribution in [0, 0.1) is 0 Å². The first-order valence-corrected chi connectivity index (χ1v) is 6.09. The second-order valence-corrected chi connectivity index (χ2v) is 4.35. The molecule has 1 aromatic carbocycles. The van der Waals surface area contributed by atoms with Crippen LogP contribution in [0.1, 0.15) is 11.7 Å². The lowest BCUT2D eigenvalue weighted by Gasteiger charge is -2.25. The lowest BCUT2D eigenvalue weighted by molar-refractivity contribution is -0.142. The zero-order valence-corrected chi connectivity index (χ0v) is 11.6. The van der Waals surface area contributed by atoms with Crippen LogP contribution in [0.5, 0.6) is 0 Å². The summed E-state index contributed by atoms with van der Waals surface area (Å²) in [6, 6.07) is 9.27. The minimum atomic E-state index is -0.702. The fourth-order valence-electron chi connectivity index (χ4n) is 1.86. The normalized spacial score (nSPS) is 13.9. The third-order valence-corrected chi connectivity index (χ3v) is 2.78. The van der Waals surface area contributed by atoms with E-state index in [1.807, 2.05) is 30.3 Å². The molecular formula is C14H21NO4. The molecule has 0 radical (unpaired) electrons. The SMILES string of the molecule is COCC(O)CN(C)C(=O)C(OC)c1ccccc1. The predicted molar refractivity (Wildman–Crippen MR) is 71.7 cm³/mol. The van der Waals surface area contributed by atoms with Gasteiger partial charge in [0, 0.05) is 27.8 Å². The molecule has 1 amide bonds. The van der Waals surface area contributed by atoms with E-state index >= 15 is 0 Å². The molecule has 0 spiro atoms. The van der Waals surface area contributed by atoms with Crippen molar-refractivity contribution in [1.82, 2.24) is 4.90 Å². The average molecular weight is 267 g/mol. The molecule has 0 aliphatic heterocycles. The number of methoxy groups -OCH3 is 2. The molecule has 0 saturated carbocycles. The van der Waals surface area contributed by atoms with Crippen LogP contribution >= 0.6 is 0 Å². The van der Waals surface area contributed by atoms with Crippen LogP contribution in [0.4, 0.5) is 0 Å². The molecule has 1 rings (SSSR count). The second kappa shape index (κ2) is 7.89. The smallest absolute Gasteiger partial charge is 0.256 e. The number of hydrogen-bond donors (Lipinski definition) is 1. The molecule has 1 aromatic rings. The highest BCUT2D eigenvalue weighted by atomic mass is 16.5. The average Bonchev–Trinajstić information content (AvgIpc) is 2.40. The fraction of sp³-hybridized carbons (Fsp3) is 0.500. The van der Waals surface area contributed by atoms with E-state index in [4.69, 9.17) is 9.47 Å². The van der Waals surface area contributed by atoms with Gasteiger partial charge in [-0.05, 0) is 5.56 Å². The van der Waals surface area contributed by atoms with Gasteiger partial charge in [-0.2, -0.15) is 0 Å². The van der Waals surface area contributed by atoms with Crippen molar-refractivity contribution in [3.05, 3.63) is 35.9 Å². The molecule has 0 bridgehead atoms. The highest BCUT2D eigenvalue weighted by Crippen LogP contribution is 2.18. The van der Waals surface area contributed by atoms with E-state index in [1.54, 1.807) is 7.05 Å². The summed E-state index contributed by atoms with van der Waals surface area (Å²) in [4.78, 5) is 13.7. The van der Waals surface area contributed by atoms with Crippen LogP contribution in [0.3, 0.4) is 0 Å². The zero-order chi connectivity index (χ0) is 14.3. The summed E-state index contributed by atoms with van der Waals surface area (Å²) < 4.78 is 10.1. The first-order chi connectivity index (χ1) is 9.10. The maximum atomic E-state index is 12.3. The Bertz CT molecular complexity index is 382. The topological polar surface area (TPSA) is 59.0 Å². The largest absolute Gasteiger partial charge is 0.389 e. The third kappa shape index (κ3) is 4.63. The van der Waals surface area contributed by atoms with Crippen LogP contribution in [0.25, 0.3) is 0 Å². The number of aliphatic hydroxyl groups excluding tert-OH is 1. The minimum absolute atomic E-state index is 0.191. The number of benzene rings is 1. The summed E-state index contributed by atoms with van der Waals surface area (Å²) in [6.07, 6.45) is -1.35. The van der Waals surface area contributed by atoms with Gasteiger partial charge in [-0.3, -0.25) is 4.79 Å². The number of aliphatic hydroxyl groups is 1. The summed E-state index contributed by atoms with van der Waals surface area (Å²) in [5.74, 6) is -0.191. The quantitative estimate of drug-likeness (QED) is 0.795. The van der Waals surface area contributed by atoms with Crippen molar-refractivity contribution >= 4 is 5.91 Å². The summed E-state index contributed by atoms with van der Waals surface area (Å²) >= 11 is 0. The number of rotatable bonds is 7.